The fourth-order valence-electron chi connectivity index (χ4n) is 5.79. The van der Waals surface area contributed by atoms with Crippen LogP contribution in [0.4, 0.5) is 0 Å². The Morgan fingerprint density at radius 1 is 1.31 bits per heavy atom. The molecule has 1 aromatic carbocycles. The normalized spacial score (nSPS) is 30.5. The van der Waals surface area contributed by atoms with E-state index in [4.69, 9.17) is 4.74 Å². The van der Waals surface area contributed by atoms with Crippen molar-refractivity contribution in [3.63, 3.8) is 0 Å². The molecular formula is C22H28N4O3. The number of aromatic nitrogens is 2. The maximum Gasteiger partial charge on any atom is 0.275 e. The van der Waals surface area contributed by atoms with Crippen molar-refractivity contribution in [1.82, 2.24) is 19.6 Å². The van der Waals surface area contributed by atoms with Gasteiger partial charge in [-0.1, -0.05) is 18.2 Å². The van der Waals surface area contributed by atoms with Gasteiger partial charge in [-0.25, -0.2) is 4.68 Å². The van der Waals surface area contributed by atoms with E-state index in [1.54, 1.807) is 6.07 Å². The van der Waals surface area contributed by atoms with Crippen molar-refractivity contribution in [3.8, 4) is 0 Å². The molecule has 154 valence electrons. The van der Waals surface area contributed by atoms with Crippen LogP contribution >= 0.6 is 0 Å². The molecule has 2 aromatic rings. The first-order valence-corrected chi connectivity index (χ1v) is 10.4. The van der Waals surface area contributed by atoms with Crippen molar-refractivity contribution in [2.45, 2.75) is 38.0 Å². The van der Waals surface area contributed by atoms with Gasteiger partial charge in [-0.3, -0.25) is 9.59 Å². The number of hydrogen-bond donors (Lipinski definition) is 0. The molecule has 0 aliphatic carbocycles. The molecule has 4 heterocycles. The summed E-state index contributed by atoms with van der Waals surface area (Å²) in [5.41, 5.74) is 0.372. The van der Waals surface area contributed by atoms with Gasteiger partial charge < -0.3 is 14.5 Å². The number of fused-ring (bicyclic) bond motifs is 2. The van der Waals surface area contributed by atoms with Gasteiger partial charge in [-0.05, 0) is 39.9 Å². The fraction of sp³-hybridized carbons (Fsp3) is 0.591. The summed E-state index contributed by atoms with van der Waals surface area (Å²) in [6.45, 7) is 4.20. The molecule has 1 spiro atoms. The Balaban J connectivity index is 1.37. The molecule has 7 nitrogen and oxygen atoms in total. The second kappa shape index (κ2) is 6.64. The van der Waals surface area contributed by atoms with Crippen LogP contribution < -0.4 is 5.56 Å². The summed E-state index contributed by atoms with van der Waals surface area (Å²) in [6, 6.07) is 7.43. The maximum atomic E-state index is 13.1. The number of benzene rings is 1. The van der Waals surface area contributed by atoms with Crippen LogP contribution in [0.5, 0.6) is 0 Å². The van der Waals surface area contributed by atoms with Crippen LogP contribution in [0.3, 0.4) is 0 Å². The second-order valence-electron chi connectivity index (χ2n) is 9.16. The zero-order chi connectivity index (χ0) is 20.3. The van der Waals surface area contributed by atoms with E-state index >= 15 is 0 Å². The SMILES string of the molecule is Cc1nn(CC(=O)N2C[C@H]3[C@@H](CN(C)C)[C@@H]4CC[C@@]3(C2)O4)c(=O)c2ccccc12. The lowest BCUT2D eigenvalue weighted by Crippen LogP contribution is -2.40. The molecular weight excluding hydrogens is 368 g/mol. The Morgan fingerprint density at radius 2 is 2.07 bits per heavy atom. The van der Waals surface area contributed by atoms with Gasteiger partial charge in [0, 0.05) is 30.3 Å². The van der Waals surface area contributed by atoms with E-state index in [1.807, 2.05) is 30.0 Å². The molecule has 0 N–H and O–H groups in total. The van der Waals surface area contributed by atoms with Crippen molar-refractivity contribution >= 4 is 16.7 Å². The van der Waals surface area contributed by atoms with Crippen LogP contribution in [0.2, 0.25) is 0 Å². The number of carbonyl (C=O) groups excluding carboxylic acids is 1. The van der Waals surface area contributed by atoms with E-state index in [1.165, 1.54) is 4.68 Å². The van der Waals surface area contributed by atoms with Gasteiger partial charge in [0.1, 0.15) is 6.54 Å². The van der Waals surface area contributed by atoms with E-state index in [9.17, 15) is 9.59 Å². The Bertz CT molecular complexity index is 1030. The number of likely N-dealkylation sites (tertiary alicyclic amines) is 1. The van der Waals surface area contributed by atoms with Crippen LogP contribution in [0.25, 0.3) is 10.8 Å². The number of rotatable bonds is 4. The van der Waals surface area contributed by atoms with Gasteiger partial charge in [0.2, 0.25) is 5.91 Å². The molecule has 29 heavy (non-hydrogen) atoms. The molecule has 5 rings (SSSR count). The number of carbonyl (C=O) groups is 1. The quantitative estimate of drug-likeness (QED) is 0.779. The molecule has 7 heteroatoms. The zero-order valence-electron chi connectivity index (χ0n) is 17.3. The summed E-state index contributed by atoms with van der Waals surface area (Å²) in [5.74, 6) is 0.810. The van der Waals surface area contributed by atoms with E-state index in [-0.39, 0.29) is 23.6 Å². The zero-order valence-corrected chi connectivity index (χ0v) is 17.3. The number of nitrogens with zero attached hydrogens (tertiary/aromatic N) is 4. The second-order valence-corrected chi connectivity index (χ2v) is 9.16. The van der Waals surface area contributed by atoms with E-state index < -0.39 is 0 Å². The highest BCUT2D eigenvalue weighted by atomic mass is 16.5. The predicted octanol–water partition coefficient (Wildman–Crippen LogP) is 1.27. The largest absolute Gasteiger partial charge is 0.369 e. The summed E-state index contributed by atoms with van der Waals surface area (Å²) in [6.07, 6.45) is 2.44. The highest BCUT2D eigenvalue weighted by molar-refractivity contribution is 5.83. The number of aryl methyl sites for hydroxylation is 1. The minimum Gasteiger partial charge on any atom is -0.369 e. The standard InChI is InChI=1S/C22H28N4O3/c1-14-15-6-4-5-7-16(15)21(28)26(23-14)12-20(27)25-11-18-17(10-24(2)3)19-8-9-22(18,13-25)29-19/h4-7,17-19H,8-13H2,1-3H3/t17-,18+,19+,22+/m1/s1. The van der Waals surface area contributed by atoms with Crippen molar-refractivity contribution in [1.29, 1.82) is 0 Å². The molecule has 3 saturated heterocycles. The van der Waals surface area contributed by atoms with E-state index in [2.05, 4.69) is 24.1 Å². The molecule has 0 saturated carbocycles. The highest BCUT2D eigenvalue weighted by Gasteiger charge is 2.63. The highest BCUT2D eigenvalue weighted by Crippen LogP contribution is 2.54. The van der Waals surface area contributed by atoms with E-state index in [0.29, 0.717) is 29.9 Å². The number of amides is 1. The first-order chi connectivity index (χ1) is 13.9. The summed E-state index contributed by atoms with van der Waals surface area (Å²) < 4.78 is 7.74. The molecule has 0 unspecified atom stereocenters. The Kier molecular flexibility index (Phi) is 4.29. The average Bonchev–Trinajstić information content (AvgIpc) is 3.35. The lowest BCUT2D eigenvalue weighted by molar-refractivity contribution is -0.132. The van der Waals surface area contributed by atoms with Gasteiger partial charge in [-0.2, -0.15) is 5.10 Å². The monoisotopic (exact) mass is 396 g/mol. The van der Waals surface area contributed by atoms with Crippen molar-refractivity contribution in [2.24, 2.45) is 11.8 Å². The minimum atomic E-state index is -0.209. The first kappa shape index (κ1) is 18.8. The third kappa shape index (κ3) is 2.90. The van der Waals surface area contributed by atoms with Crippen LogP contribution in [0.1, 0.15) is 18.5 Å². The van der Waals surface area contributed by atoms with Crippen LogP contribution in [0, 0.1) is 18.8 Å². The molecule has 1 aromatic heterocycles. The van der Waals surface area contributed by atoms with Gasteiger partial charge >= 0.3 is 0 Å². The summed E-state index contributed by atoms with van der Waals surface area (Å²) in [5, 5.41) is 5.85. The smallest absolute Gasteiger partial charge is 0.275 e. The molecule has 3 aliphatic heterocycles. The molecule has 0 radical (unpaired) electrons. The maximum absolute atomic E-state index is 13.1. The van der Waals surface area contributed by atoms with Crippen LogP contribution in [-0.4, -0.2) is 70.9 Å². The minimum absolute atomic E-state index is 0.0188. The predicted molar refractivity (Wildman–Crippen MR) is 110 cm³/mol. The third-order valence-corrected chi connectivity index (χ3v) is 7.05. The summed E-state index contributed by atoms with van der Waals surface area (Å²) in [7, 11) is 4.19. The van der Waals surface area contributed by atoms with Crippen LogP contribution in [0.15, 0.2) is 29.1 Å². The van der Waals surface area contributed by atoms with Crippen molar-refractivity contribution in [3.05, 3.63) is 40.3 Å². The topological polar surface area (TPSA) is 67.7 Å². The molecule has 3 aliphatic rings. The first-order valence-electron chi connectivity index (χ1n) is 10.4. The lowest BCUT2D eigenvalue weighted by Gasteiger charge is -2.30. The van der Waals surface area contributed by atoms with Gasteiger partial charge in [0.05, 0.1) is 29.3 Å². The molecule has 4 atom stereocenters. The van der Waals surface area contributed by atoms with Gasteiger partial charge in [-0.15, -0.1) is 0 Å². The Morgan fingerprint density at radius 3 is 2.83 bits per heavy atom. The van der Waals surface area contributed by atoms with Gasteiger partial charge in [0.15, 0.2) is 0 Å². The summed E-state index contributed by atoms with van der Waals surface area (Å²) in [4.78, 5) is 30.0. The van der Waals surface area contributed by atoms with Crippen molar-refractivity contribution in [2.75, 3.05) is 33.7 Å². The van der Waals surface area contributed by atoms with Crippen molar-refractivity contribution < 1.29 is 9.53 Å². The van der Waals surface area contributed by atoms with E-state index in [0.717, 1.165) is 37.0 Å². The Hall–Kier alpha value is -2.25. The Labute approximate surface area is 170 Å². The molecule has 1 amide bonds. The third-order valence-electron chi connectivity index (χ3n) is 7.05. The van der Waals surface area contributed by atoms with Gasteiger partial charge in [0.25, 0.3) is 5.56 Å². The fourth-order valence-corrected chi connectivity index (χ4v) is 5.79. The summed E-state index contributed by atoms with van der Waals surface area (Å²) >= 11 is 0. The van der Waals surface area contributed by atoms with Crippen LogP contribution in [-0.2, 0) is 16.1 Å². The number of ether oxygens (including phenoxy) is 1. The molecule has 2 bridgehead atoms. The molecule has 3 fully saturated rings. The average molecular weight is 396 g/mol. The number of hydrogen-bond acceptors (Lipinski definition) is 5. The lowest BCUT2D eigenvalue weighted by atomic mass is 9.73.